The average molecular weight is 308 g/mol. The first-order valence-corrected chi connectivity index (χ1v) is 6.51. The summed E-state index contributed by atoms with van der Waals surface area (Å²) in [4.78, 5) is 5.39. The number of hydrogen-bond donors (Lipinski definition) is 2. The highest BCUT2D eigenvalue weighted by molar-refractivity contribution is 9.10. The molecule has 0 saturated carbocycles. The number of nitrogen functional groups attached to an aromatic ring is 1. The molecule has 0 amide bonds. The topological polar surface area (TPSA) is 62.8 Å². The Kier molecular flexibility index (Phi) is 3.81. The molecular formula is C12H10BrN3S. The number of halogens is 1. The van der Waals surface area contributed by atoms with Crippen molar-refractivity contribution in [2.75, 3.05) is 0 Å². The SMILES string of the molecule is N=C(N)c1cccc(Sc2cccc(Br)c2)n1. The van der Waals surface area contributed by atoms with Gasteiger partial charge in [-0.25, -0.2) is 4.98 Å². The first kappa shape index (κ1) is 12.1. The fourth-order valence-corrected chi connectivity index (χ4v) is 2.69. The van der Waals surface area contributed by atoms with Crippen LogP contribution in [0.3, 0.4) is 0 Å². The molecule has 17 heavy (non-hydrogen) atoms. The highest BCUT2D eigenvalue weighted by Gasteiger charge is 2.02. The van der Waals surface area contributed by atoms with E-state index in [2.05, 4.69) is 20.9 Å². The zero-order chi connectivity index (χ0) is 12.3. The van der Waals surface area contributed by atoms with Crippen molar-refractivity contribution in [3.05, 3.63) is 52.6 Å². The van der Waals surface area contributed by atoms with Crippen molar-refractivity contribution in [1.82, 2.24) is 4.98 Å². The zero-order valence-electron chi connectivity index (χ0n) is 8.85. The third-order valence-electron chi connectivity index (χ3n) is 2.02. The van der Waals surface area contributed by atoms with Crippen molar-refractivity contribution in [3.63, 3.8) is 0 Å². The molecule has 1 heterocycles. The van der Waals surface area contributed by atoms with E-state index in [9.17, 15) is 0 Å². The maximum Gasteiger partial charge on any atom is 0.141 e. The molecule has 1 aromatic carbocycles. The molecule has 2 rings (SSSR count). The summed E-state index contributed by atoms with van der Waals surface area (Å²) in [6, 6.07) is 13.5. The van der Waals surface area contributed by atoms with Crippen LogP contribution in [0, 0.1) is 5.41 Å². The molecule has 0 radical (unpaired) electrons. The van der Waals surface area contributed by atoms with Crippen LogP contribution < -0.4 is 5.73 Å². The number of nitrogens with one attached hydrogen (secondary N) is 1. The van der Waals surface area contributed by atoms with Gasteiger partial charge in [0.2, 0.25) is 0 Å². The van der Waals surface area contributed by atoms with E-state index in [1.165, 1.54) is 11.8 Å². The molecule has 0 aliphatic heterocycles. The van der Waals surface area contributed by atoms with Gasteiger partial charge in [0.15, 0.2) is 0 Å². The summed E-state index contributed by atoms with van der Waals surface area (Å²) in [5.74, 6) is -0.0123. The number of pyridine rings is 1. The lowest BCUT2D eigenvalue weighted by molar-refractivity contribution is 1.10. The van der Waals surface area contributed by atoms with Gasteiger partial charge in [0, 0.05) is 9.37 Å². The summed E-state index contributed by atoms with van der Waals surface area (Å²) in [5, 5.41) is 8.17. The van der Waals surface area contributed by atoms with Gasteiger partial charge < -0.3 is 5.73 Å². The van der Waals surface area contributed by atoms with Gasteiger partial charge in [0.1, 0.15) is 16.6 Å². The van der Waals surface area contributed by atoms with Gasteiger partial charge in [0.05, 0.1) is 0 Å². The van der Waals surface area contributed by atoms with Crippen LogP contribution in [0.4, 0.5) is 0 Å². The van der Waals surface area contributed by atoms with Gasteiger partial charge >= 0.3 is 0 Å². The molecule has 1 aromatic heterocycles. The summed E-state index contributed by atoms with van der Waals surface area (Å²) < 4.78 is 1.03. The van der Waals surface area contributed by atoms with Crippen molar-refractivity contribution >= 4 is 33.5 Å². The van der Waals surface area contributed by atoms with Crippen LogP contribution in [0.1, 0.15) is 5.69 Å². The molecule has 0 atom stereocenters. The van der Waals surface area contributed by atoms with Crippen molar-refractivity contribution in [1.29, 1.82) is 5.41 Å². The molecule has 2 aromatic rings. The third-order valence-corrected chi connectivity index (χ3v) is 3.44. The van der Waals surface area contributed by atoms with Gasteiger partial charge in [-0.05, 0) is 30.3 Å². The van der Waals surface area contributed by atoms with E-state index in [4.69, 9.17) is 11.1 Å². The average Bonchev–Trinajstić information content (AvgIpc) is 2.29. The smallest absolute Gasteiger partial charge is 0.141 e. The largest absolute Gasteiger partial charge is 0.382 e. The fourth-order valence-electron chi connectivity index (χ4n) is 1.27. The molecule has 3 N–H and O–H groups in total. The Morgan fingerprint density at radius 3 is 2.71 bits per heavy atom. The molecule has 0 aliphatic rings. The van der Waals surface area contributed by atoms with Gasteiger partial charge in [-0.15, -0.1) is 0 Å². The molecule has 86 valence electrons. The van der Waals surface area contributed by atoms with Crippen LogP contribution in [0.5, 0.6) is 0 Å². The third kappa shape index (κ3) is 3.31. The normalized spacial score (nSPS) is 10.2. The number of nitrogens with two attached hydrogens (primary N) is 1. The second kappa shape index (κ2) is 5.33. The number of benzene rings is 1. The molecule has 0 saturated heterocycles. The first-order valence-electron chi connectivity index (χ1n) is 4.90. The van der Waals surface area contributed by atoms with Gasteiger partial charge in [0.25, 0.3) is 0 Å². The van der Waals surface area contributed by atoms with Crippen molar-refractivity contribution in [3.8, 4) is 0 Å². The second-order valence-electron chi connectivity index (χ2n) is 3.33. The second-order valence-corrected chi connectivity index (χ2v) is 5.34. The Balaban J connectivity index is 2.24. The number of nitrogens with zero attached hydrogens (tertiary/aromatic N) is 1. The van der Waals surface area contributed by atoms with E-state index >= 15 is 0 Å². The van der Waals surface area contributed by atoms with Crippen LogP contribution in [-0.4, -0.2) is 10.8 Å². The Morgan fingerprint density at radius 2 is 2.00 bits per heavy atom. The highest BCUT2D eigenvalue weighted by Crippen LogP contribution is 2.27. The summed E-state index contributed by atoms with van der Waals surface area (Å²) in [6.45, 7) is 0. The Bertz CT molecular complexity index is 557. The molecule has 0 aliphatic carbocycles. The fraction of sp³-hybridized carbons (Fsp3) is 0. The number of rotatable bonds is 3. The predicted octanol–water partition coefficient (Wildman–Crippen LogP) is 3.28. The van der Waals surface area contributed by atoms with Crippen molar-refractivity contribution in [2.24, 2.45) is 5.73 Å². The maximum absolute atomic E-state index is 7.34. The molecule has 0 unspecified atom stereocenters. The lowest BCUT2D eigenvalue weighted by Crippen LogP contribution is -2.12. The molecular weight excluding hydrogens is 298 g/mol. The molecule has 3 nitrogen and oxygen atoms in total. The Morgan fingerprint density at radius 1 is 1.24 bits per heavy atom. The Labute approximate surface area is 112 Å². The lowest BCUT2D eigenvalue weighted by Gasteiger charge is -2.03. The van der Waals surface area contributed by atoms with E-state index in [0.717, 1.165) is 14.4 Å². The van der Waals surface area contributed by atoms with Gasteiger partial charge in [-0.3, -0.25) is 5.41 Å². The van der Waals surface area contributed by atoms with E-state index < -0.39 is 0 Å². The van der Waals surface area contributed by atoms with E-state index in [1.807, 2.05) is 36.4 Å². The van der Waals surface area contributed by atoms with E-state index in [-0.39, 0.29) is 5.84 Å². The predicted molar refractivity (Wildman–Crippen MR) is 73.5 cm³/mol. The molecule has 5 heteroatoms. The highest BCUT2D eigenvalue weighted by atomic mass is 79.9. The minimum Gasteiger partial charge on any atom is -0.382 e. The van der Waals surface area contributed by atoms with Crippen LogP contribution in [-0.2, 0) is 0 Å². The summed E-state index contributed by atoms with van der Waals surface area (Å²) >= 11 is 4.97. The minimum atomic E-state index is -0.0123. The quantitative estimate of drug-likeness (QED) is 0.675. The van der Waals surface area contributed by atoms with Crippen LogP contribution in [0.2, 0.25) is 0 Å². The number of amidine groups is 1. The minimum absolute atomic E-state index is 0.0123. The van der Waals surface area contributed by atoms with E-state index in [0.29, 0.717) is 5.69 Å². The number of aromatic nitrogens is 1. The lowest BCUT2D eigenvalue weighted by atomic mass is 10.3. The van der Waals surface area contributed by atoms with Crippen molar-refractivity contribution < 1.29 is 0 Å². The van der Waals surface area contributed by atoms with Crippen molar-refractivity contribution in [2.45, 2.75) is 9.92 Å². The Hall–Kier alpha value is -1.33. The van der Waals surface area contributed by atoms with Crippen LogP contribution >= 0.6 is 27.7 Å². The van der Waals surface area contributed by atoms with E-state index in [1.54, 1.807) is 6.07 Å². The molecule has 0 spiro atoms. The molecule has 0 fully saturated rings. The van der Waals surface area contributed by atoms with Crippen LogP contribution in [0.25, 0.3) is 0 Å². The summed E-state index contributed by atoms with van der Waals surface area (Å²) in [5.41, 5.74) is 5.91. The van der Waals surface area contributed by atoms with Gasteiger partial charge in [-0.2, -0.15) is 0 Å². The van der Waals surface area contributed by atoms with Crippen LogP contribution in [0.15, 0.2) is 56.9 Å². The first-order chi connectivity index (χ1) is 8.15. The van der Waals surface area contributed by atoms with Gasteiger partial charge in [-0.1, -0.05) is 39.8 Å². The standard InChI is InChI=1S/C12H10BrN3S/c13-8-3-1-4-9(7-8)17-11-6-2-5-10(16-11)12(14)15/h1-7H,(H3,14,15). The summed E-state index contributed by atoms with van der Waals surface area (Å²) in [6.07, 6.45) is 0. The number of hydrogen-bond acceptors (Lipinski definition) is 3. The maximum atomic E-state index is 7.34. The monoisotopic (exact) mass is 307 g/mol. The molecule has 0 bridgehead atoms. The summed E-state index contributed by atoms with van der Waals surface area (Å²) in [7, 11) is 0. The zero-order valence-corrected chi connectivity index (χ0v) is 11.3.